The van der Waals surface area contributed by atoms with Gasteiger partial charge in [-0.15, -0.1) is 47.2 Å². The molecule has 2 aromatic heterocycles. The monoisotopic (exact) mass is 2100 g/mol. The first-order valence-electron chi connectivity index (χ1n) is 50.1. The Kier molecular flexibility index (Phi) is 21.8. The van der Waals surface area contributed by atoms with E-state index in [1.54, 1.807) is 24.3 Å². The molecule has 0 radical (unpaired) electrons. The summed E-state index contributed by atoms with van der Waals surface area (Å²) in [5.74, 6) is -0.725. The van der Waals surface area contributed by atoms with Gasteiger partial charge in [0.25, 0.3) is 0 Å². The number of halogens is 2. The molecule has 150 heavy (non-hydrogen) atoms. The molecule has 0 aliphatic heterocycles. The third-order valence-corrected chi connectivity index (χ3v) is 29.7. The molecule has 0 saturated carbocycles. The Morgan fingerprint density at radius 3 is 0.793 bits per heavy atom. The van der Waals surface area contributed by atoms with E-state index < -0.39 is 0 Å². The molecule has 30 rings (SSSR count). The van der Waals surface area contributed by atoms with Gasteiger partial charge in [0, 0.05) is 90.2 Å². The van der Waals surface area contributed by atoms with E-state index in [1.807, 2.05) is 12.4 Å². The van der Waals surface area contributed by atoms with E-state index >= 15 is 0 Å². The third kappa shape index (κ3) is 15.1. The number of fused-ring (bicyclic) bond motifs is 12. The zero-order chi connectivity index (χ0) is 99.3. The molecule has 0 aliphatic carbocycles. The molecule has 2 heterocycles. The molecule has 0 saturated heterocycles. The van der Waals surface area contributed by atoms with Gasteiger partial charge in [-0.05, 0) is 289 Å². The van der Waals surface area contributed by atoms with Gasteiger partial charge in [-0.3, -0.25) is 19.6 Å². The minimum atomic E-state index is -0.300. The van der Waals surface area contributed by atoms with E-state index in [0.717, 1.165) is 155 Å². The Bertz CT molecular complexity index is 10100. The second-order valence-corrected chi connectivity index (χ2v) is 38.7. The average molecular weight is 2100 g/mol. The SMILES string of the molecule is CC(=O)CC(C)=O.Fc1ccc(-c2cnc3c4[c-]c(N(c5ccccc5)c5cc6cccc7ccc8cccc5c8c76)ccc4c4ccc(N(c5ccccc5)c5cc6cccc7ccc8cccc5c8c76)cc4c3n2)cc1.Fc1ccc(-c2cnc3c4[c-]c(N(c5ccccc5)c5cc6cccc7ccc8cccc5c8c76)ccc4c4ccc(N(c5ccccc5)c5cc6cccc7ccc8cccc5c8c76)cc4c3n2)cc1.[Ir+3]. The molecule has 0 spiro atoms. The van der Waals surface area contributed by atoms with Crippen LogP contribution in [0.1, 0.15) is 20.3 Å². The maximum atomic E-state index is 14.4. The number of aromatic nitrogens is 4. The zero-order valence-corrected chi connectivity index (χ0v) is 83.5. The number of hydrogen-bond donors (Lipinski definition) is 0. The van der Waals surface area contributed by atoms with Gasteiger partial charge in [-0.25, -0.2) is 8.78 Å². The molecule has 0 unspecified atom stereocenters. The van der Waals surface area contributed by atoms with Crippen LogP contribution in [0.2, 0.25) is 0 Å². The standard InChI is InChI=1S/2C66H38FN4.C5H8O2.Ir/c2*67-47-29-27-40(28-30-47)58-39-68-65-56-37-50(70(48-17-3-1-4-18-48)59-35-45-15-7-11-41-23-25-43-13-9-21-54(59)63(43)61(41)45)31-33-52(56)53-34-32-51(38-57(53)66(65)69-58)71(49-19-5-2-6-20-49)60-36-46-16-8-12-42-24-26-44-14-10-22-55(60)64(44)62(42)46;1-4(6)3-5(2)7;/h2*1-36,38-39H;3H2,1-2H3;/q2*-1;;+3. The summed E-state index contributed by atoms with van der Waals surface area (Å²) in [5, 5.41) is 37.0. The molecular weight excluding hydrogens is 2020 g/mol. The van der Waals surface area contributed by atoms with Gasteiger partial charge in [0.05, 0.1) is 51.6 Å². The molecule has 0 bridgehead atoms. The number of ketones is 2. The molecule has 0 fully saturated rings. The van der Waals surface area contributed by atoms with E-state index in [9.17, 15) is 18.4 Å². The van der Waals surface area contributed by atoms with Crippen LogP contribution in [0.4, 0.5) is 77.0 Å². The molecule has 30 aromatic rings. The predicted octanol–water partition coefficient (Wildman–Crippen LogP) is 37.1. The average Bonchev–Trinajstić information content (AvgIpc) is 0.723. The van der Waals surface area contributed by atoms with Crippen molar-refractivity contribution in [2.45, 2.75) is 20.3 Å². The number of nitrogens with zero attached hydrogens (tertiary/aromatic N) is 8. The maximum absolute atomic E-state index is 14.4. The summed E-state index contributed by atoms with van der Waals surface area (Å²) in [4.78, 5) is 51.0. The number of carbonyl (C=O) groups is 2. The maximum Gasteiger partial charge on any atom is 3.00 e. The van der Waals surface area contributed by atoms with Gasteiger partial charge >= 0.3 is 20.1 Å². The van der Waals surface area contributed by atoms with Crippen molar-refractivity contribution in [2.24, 2.45) is 0 Å². The van der Waals surface area contributed by atoms with E-state index in [4.69, 9.17) is 19.9 Å². The topological polar surface area (TPSA) is 98.7 Å². The van der Waals surface area contributed by atoms with Crippen LogP contribution in [0.3, 0.4) is 0 Å². The molecule has 10 nitrogen and oxygen atoms in total. The number of hydrogen-bond acceptors (Lipinski definition) is 10. The smallest absolute Gasteiger partial charge is 0.328 e. The van der Waals surface area contributed by atoms with Crippen LogP contribution in [0.15, 0.2) is 461 Å². The third-order valence-electron chi connectivity index (χ3n) is 29.7. The van der Waals surface area contributed by atoms with Crippen molar-refractivity contribution in [3.05, 3.63) is 485 Å². The Morgan fingerprint density at radius 1 is 0.233 bits per heavy atom. The first kappa shape index (κ1) is 89.9. The molecule has 706 valence electrons. The van der Waals surface area contributed by atoms with Crippen molar-refractivity contribution in [3.8, 4) is 22.5 Å². The fourth-order valence-electron chi connectivity index (χ4n) is 23.3. The fourth-order valence-corrected chi connectivity index (χ4v) is 23.3. The second kappa shape index (κ2) is 36.4. The minimum Gasteiger partial charge on any atom is -0.328 e. The van der Waals surface area contributed by atoms with Crippen molar-refractivity contribution < 1.29 is 38.5 Å². The van der Waals surface area contributed by atoms with Gasteiger partial charge < -0.3 is 29.6 Å². The van der Waals surface area contributed by atoms with Gasteiger partial charge in [-0.1, -0.05) is 301 Å². The quantitative estimate of drug-likeness (QED) is 0.0528. The van der Waals surface area contributed by atoms with Gasteiger partial charge in [0.2, 0.25) is 0 Å². The first-order valence-corrected chi connectivity index (χ1v) is 50.1. The van der Waals surface area contributed by atoms with Crippen LogP contribution in [0.5, 0.6) is 0 Å². The summed E-state index contributed by atoms with van der Waals surface area (Å²) < 4.78 is 28.7. The van der Waals surface area contributed by atoms with E-state index in [1.165, 1.54) is 157 Å². The Balaban J connectivity index is 0.000000138. The number of rotatable bonds is 16. The molecular formula is C137H84F2IrN8O2+. The van der Waals surface area contributed by atoms with E-state index in [2.05, 4.69) is 432 Å². The second-order valence-electron chi connectivity index (χ2n) is 38.7. The molecule has 28 aromatic carbocycles. The number of carbonyl (C=O) groups excluding carboxylic acids is 2. The van der Waals surface area contributed by atoms with E-state index in [0.29, 0.717) is 11.4 Å². The van der Waals surface area contributed by atoms with Gasteiger partial charge in [-0.2, -0.15) is 0 Å². The summed E-state index contributed by atoms with van der Waals surface area (Å²) in [7, 11) is 0. The number of para-hydroxylation sites is 4. The van der Waals surface area contributed by atoms with Crippen molar-refractivity contribution in [3.63, 3.8) is 0 Å². The molecule has 0 atom stereocenters. The zero-order valence-electron chi connectivity index (χ0n) is 81.1. The van der Waals surface area contributed by atoms with Crippen LogP contribution in [0.25, 0.3) is 217 Å². The number of anilines is 12. The normalized spacial score (nSPS) is 11.8. The van der Waals surface area contributed by atoms with Crippen molar-refractivity contribution in [2.75, 3.05) is 19.6 Å². The predicted molar refractivity (Wildman–Crippen MR) is 617 cm³/mol. The Hall–Kier alpha value is -18.9. The molecule has 0 aliphatic rings. The first-order chi connectivity index (χ1) is 73.3. The summed E-state index contributed by atoms with van der Waals surface area (Å²) in [6, 6.07) is 165. The number of benzene rings is 28. The number of Topliss-reactive ketones (excluding diaryl/α,β-unsaturated/α-hetero) is 2. The summed E-state index contributed by atoms with van der Waals surface area (Å²) in [6.45, 7) is 2.81. The van der Waals surface area contributed by atoms with Crippen molar-refractivity contribution >= 4 is 274 Å². The van der Waals surface area contributed by atoms with Gasteiger partial charge in [0.15, 0.2) is 0 Å². The van der Waals surface area contributed by atoms with Crippen LogP contribution >= 0.6 is 0 Å². The van der Waals surface area contributed by atoms with Crippen molar-refractivity contribution in [1.82, 2.24) is 19.9 Å². The molecule has 13 heteroatoms. The molecule has 0 N–H and O–H groups in total. The van der Waals surface area contributed by atoms with Crippen LogP contribution in [-0.4, -0.2) is 31.5 Å². The fraction of sp³-hybridized carbons (Fsp3) is 0.0219. The Morgan fingerprint density at radius 2 is 0.500 bits per heavy atom. The van der Waals surface area contributed by atoms with Crippen molar-refractivity contribution in [1.29, 1.82) is 0 Å². The largest absolute Gasteiger partial charge is 3.00 e. The summed E-state index contributed by atoms with van der Waals surface area (Å²) in [6.07, 6.45) is 3.70. The van der Waals surface area contributed by atoms with Crippen LogP contribution in [0, 0.1) is 23.8 Å². The summed E-state index contributed by atoms with van der Waals surface area (Å²) in [5.41, 5.74) is 18.0. The van der Waals surface area contributed by atoms with Crippen LogP contribution < -0.4 is 19.6 Å². The van der Waals surface area contributed by atoms with Gasteiger partial charge in [0.1, 0.15) is 23.2 Å². The van der Waals surface area contributed by atoms with E-state index in [-0.39, 0.29) is 49.7 Å². The summed E-state index contributed by atoms with van der Waals surface area (Å²) >= 11 is 0. The minimum absolute atomic E-state index is 0. The Labute approximate surface area is 873 Å². The molecule has 0 amide bonds. The van der Waals surface area contributed by atoms with Crippen LogP contribution in [-0.2, 0) is 29.7 Å².